The lowest BCUT2D eigenvalue weighted by atomic mass is 9.94. The molecule has 0 radical (unpaired) electrons. The summed E-state index contributed by atoms with van der Waals surface area (Å²) in [6, 6.07) is 10.6. The highest BCUT2D eigenvalue weighted by atomic mass is 19.1. The minimum absolute atomic E-state index is 0.00843. The van der Waals surface area contributed by atoms with Crippen molar-refractivity contribution in [2.24, 2.45) is 0 Å². The minimum Gasteiger partial charge on any atom is -0.395 e. The fourth-order valence-electron chi connectivity index (χ4n) is 3.72. The van der Waals surface area contributed by atoms with E-state index in [1.165, 1.54) is 24.5 Å². The Morgan fingerprint density at radius 1 is 1.26 bits per heavy atom. The van der Waals surface area contributed by atoms with Gasteiger partial charge in [0.05, 0.1) is 35.1 Å². The fourth-order valence-corrected chi connectivity index (χ4v) is 3.72. The number of carbonyl (C=O) groups excluding carboxylic acids is 1. The molecule has 0 aliphatic rings. The van der Waals surface area contributed by atoms with Gasteiger partial charge in [0.2, 0.25) is 0 Å². The molecular weight excluding hydrogens is 451 g/mol. The Kier molecular flexibility index (Phi) is 6.75. The standard InChI is InChI=1S/C24H21FN8O2/c1-13(32-23-16(11-26)22(27)30-12-31-23)21-20(18-4-2-3-7-28-18)19(24(35)29-8-9-34)15-10-14(25)5-6-17(15)33-21/h2-7,10,12-13,34H,8-9H2,1H3,(H,29,35)(H3,27,30,31,32)/t13-/m0/s1. The van der Waals surface area contributed by atoms with Crippen molar-refractivity contribution in [3.05, 3.63) is 71.6 Å². The second-order valence-corrected chi connectivity index (χ2v) is 7.56. The number of hydrogen-bond donors (Lipinski definition) is 4. The number of nitrogens with zero attached hydrogens (tertiary/aromatic N) is 5. The summed E-state index contributed by atoms with van der Waals surface area (Å²) in [5.74, 6) is -0.827. The summed E-state index contributed by atoms with van der Waals surface area (Å²) in [4.78, 5) is 30.4. The fraction of sp³-hybridized carbons (Fsp3) is 0.167. The predicted octanol–water partition coefficient (Wildman–Crippen LogP) is 2.57. The molecule has 3 aromatic heterocycles. The predicted molar refractivity (Wildman–Crippen MR) is 128 cm³/mol. The Bertz CT molecular complexity index is 1440. The number of aliphatic hydroxyl groups excluding tert-OH is 1. The van der Waals surface area contributed by atoms with E-state index in [0.29, 0.717) is 27.9 Å². The summed E-state index contributed by atoms with van der Waals surface area (Å²) in [5.41, 5.74) is 7.66. The van der Waals surface area contributed by atoms with Crippen molar-refractivity contribution in [3.8, 4) is 17.3 Å². The molecule has 0 spiro atoms. The van der Waals surface area contributed by atoms with Gasteiger partial charge in [-0.25, -0.2) is 19.3 Å². The minimum atomic E-state index is -0.591. The van der Waals surface area contributed by atoms with Crippen LogP contribution in [0, 0.1) is 17.1 Å². The molecule has 11 heteroatoms. The van der Waals surface area contributed by atoms with Crippen molar-refractivity contribution in [3.63, 3.8) is 0 Å². The Morgan fingerprint density at radius 3 is 2.80 bits per heavy atom. The van der Waals surface area contributed by atoms with Crippen LogP contribution in [0.4, 0.5) is 16.0 Å². The van der Waals surface area contributed by atoms with Gasteiger partial charge in [0.1, 0.15) is 35.4 Å². The first-order valence-corrected chi connectivity index (χ1v) is 10.6. The number of rotatable bonds is 7. The van der Waals surface area contributed by atoms with Crippen molar-refractivity contribution in [1.82, 2.24) is 25.3 Å². The van der Waals surface area contributed by atoms with Crippen molar-refractivity contribution < 1.29 is 14.3 Å². The third kappa shape index (κ3) is 4.68. The number of aliphatic hydroxyl groups is 1. The van der Waals surface area contributed by atoms with Crippen molar-refractivity contribution in [1.29, 1.82) is 5.26 Å². The number of nitrogens with one attached hydrogen (secondary N) is 2. The number of nitrogens with two attached hydrogens (primary N) is 1. The van der Waals surface area contributed by atoms with Crippen LogP contribution in [0.2, 0.25) is 0 Å². The lowest BCUT2D eigenvalue weighted by Crippen LogP contribution is -2.28. The zero-order valence-corrected chi connectivity index (χ0v) is 18.7. The van der Waals surface area contributed by atoms with Crippen LogP contribution in [0.5, 0.6) is 0 Å². The zero-order valence-electron chi connectivity index (χ0n) is 18.7. The number of anilines is 2. The van der Waals surface area contributed by atoms with Crippen LogP contribution in [-0.4, -0.2) is 44.1 Å². The number of aromatic nitrogens is 4. The molecule has 1 atom stereocenters. The molecule has 5 N–H and O–H groups in total. The van der Waals surface area contributed by atoms with Gasteiger partial charge in [0, 0.05) is 23.7 Å². The monoisotopic (exact) mass is 472 g/mol. The van der Waals surface area contributed by atoms with Crippen LogP contribution in [-0.2, 0) is 0 Å². The van der Waals surface area contributed by atoms with E-state index in [1.807, 2.05) is 6.07 Å². The molecule has 0 saturated carbocycles. The highest BCUT2D eigenvalue weighted by molar-refractivity contribution is 6.12. The molecule has 3 heterocycles. The van der Waals surface area contributed by atoms with Crippen LogP contribution in [0.15, 0.2) is 48.9 Å². The van der Waals surface area contributed by atoms with E-state index in [2.05, 4.69) is 25.6 Å². The smallest absolute Gasteiger partial charge is 0.252 e. The highest BCUT2D eigenvalue weighted by Gasteiger charge is 2.26. The van der Waals surface area contributed by atoms with E-state index in [-0.39, 0.29) is 35.9 Å². The molecule has 0 aliphatic carbocycles. The summed E-state index contributed by atoms with van der Waals surface area (Å²) < 4.78 is 14.2. The van der Waals surface area contributed by atoms with E-state index >= 15 is 0 Å². The summed E-state index contributed by atoms with van der Waals surface area (Å²) in [6.45, 7) is 1.52. The molecule has 0 unspecified atom stereocenters. The topological polar surface area (TPSA) is 163 Å². The molecule has 10 nitrogen and oxygen atoms in total. The van der Waals surface area contributed by atoms with Crippen LogP contribution >= 0.6 is 0 Å². The zero-order chi connectivity index (χ0) is 24.9. The van der Waals surface area contributed by atoms with Gasteiger partial charge in [-0.3, -0.25) is 9.78 Å². The highest BCUT2D eigenvalue weighted by Crippen LogP contribution is 2.36. The number of carbonyl (C=O) groups is 1. The van der Waals surface area contributed by atoms with Gasteiger partial charge >= 0.3 is 0 Å². The van der Waals surface area contributed by atoms with Gasteiger partial charge in [-0.05, 0) is 37.3 Å². The number of pyridine rings is 2. The molecular formula is C24H21FN8O2. The average Bonchev–Trinajstić information content (AvgIpc) is 2.86. The van der Waals surface area contributed by atoms with Crippen LogP contribution in [0.3, 0.4) is 0 Å². The maximum atomic E-state index is 14.2. The first-order chi connectivity index (χ1) is 16.9. The SMILES string of the molecule is C[C@H](Nc1ncnc(N)c1C#N)c1nc2ccc(F)cc2c(C(=O)NCCO)c1-c1ccccn1. The molecule has 0 fully saturated rings. The second kappa shape index (κ2) is 10.1. The summed E-state index contributed by atoms with van der Waals surface area (Å²) in [7, 11) is 0. The maximum absolute atomic E-state index is 14.2. The molecule has 35 heavy (non-hydrogen) atoms. The van der Waals surface area contributed by atoms with Gasteiger partial charge in [-0.2, -0.15) is 5.26 Å². The number of nitrogen functional groups attached to an aromatic ring is 1. The lowest BCUT2D eigenvalue weighted by Gasteiger charge is -2.22. The van der Waals surface area contributed by atoms with Gasteiger partial charge in [-0.15, -0.1) is 0 Å². The largest absolute Gasteiger partial charge is 0.395 e. The van der Waals surface area contributed by atoms with E-state index in [1.54, 1.807) is 31.3 Å². The van der Waals surface area contributed by atoms with Gasteiger partial charge in [0.25, 0.3) is 5.91 Å². The lowest BCUT2D eigenvalue weighted by molar-refractivity contribution is 0.0947. The summed E-state index contributed by atoms with van der Waals surface area (Å²) in [5, 5.41) is 24.8. The third-order valence-corrected chi connectivity index (χ3v) is 5.27. The summed E-state index contributed by atoms with van der Waals surface area (Å²) in [6.07, 6.45) is 2.80. The Hall–Kier alpha value is -4.69. The normalized spacial score (nSPS) is 11.6. The number of fused-ring (bicyclic) bond motifs is 1. The van der Waals surface area contributed by atoms with E-state index in [9.17, 15) is 19.6 Å². The van der Waals surface area contributed by atoms with Crippen LogP contribution in [0.25, 0.3) is 22.2 Å². The van der Waals surface area contributed by atoms with Gasteiger partial charge in [0.15, 0.2) is 0 Å². The molecule has 1 amide bonds. The first-order valence-electron chi connectivity index (χ1n) is 10.6. The molecule has 4 aromatic rings. The number of amides is 1. The van der Waals surface area contributed by atoms with E-state index < -0.39 is 17.8 Å². The molecule has 1 aromatic carbocycles. The van der Waals surface area contributed by atoms with Gasteiger partial charge in [-0.1, -0.05) is 6.07 Å². The Balaban J connectivity index is 1.98. The Morgan fingerprint density at radius 2 is 2.09 bits per heavy atom. The van der Waals surface area contributed by atoms with Crippen molar-refractivity contribution in [2.45, 2.75) is 13.0 Å². The first kappa shape index (κ1) is 23.5. The van der Waals surface area contributed by atoms with E-state index in [4.69, 9.17) is 10.7 Å². The number of nitriles is 1. The molecule has 4 rings (SSSR count). The van der Waals surface area contributed by atoms with Crippen molar-refractivity contribution in [2.75, 3.05) is 24.2 Å². The Labute approximate surface area is 199 Å². The number of benzene rings is 1. The van der Waals surface area contributed by atoms with E-state index in [0.717, 1.165) is 0 Å². The van der Waals surface area contributed by atoms with Gasteiger partial charge < -0.3 is 21.5 Å². The quantitative estimate of drug-likeness (QED) is 0.316. The maximum Gasteiger partial charge on any atom is 0.252 e. The molecule has 176 valence electrons. The molecule has 0 aliphatic heterocycles. The summed E-state index contributed by atoms with van der Waals surface area (Å²) >= 11 is 0. The number of hydrogen-bond acceptors (Lipinski definition) is 9. The molecule has 0 bridgehead atoms. The third-order valence-electron chi connectivity index (χ3n) is 5.27. The molecule has 0 saturated heterocycles. The number of halogens is 1. The van der Waals surface area contributed by atoms with Crippen LogP contribution < -0.4 is 16.4 Å². The van der Waals surface area contributed by atoms with Crippen LogP contribution in [0.1, 0.15) is 34.6 Å². The average molecular weight is 472 g/mol. The van der Waals surface area contributed by atoms with Crippen molar-refractivity contribution >= 4 is 28.4 Å². The second-order valence-electron chi connectivity index (χ2n) is 7.56.